The minimum atomic E-state index is -0.108. The van der Waals surface area contributed by atoms with Gasteiger partial charge < -0.3 is 14.8 Å². The number of hydrogen-bond donors (Lipinski definition) is 1. The SMILES string of the molecule is CN(C[C@H]1CCCN2CCCC[C@H]12)C(=O)CCCc1nc2ccccc2c(=O)[nH]1. The zero-order chi connectivity index (χ0) is 20.2. The van der Waals surface area contributed by atoms with E-state index in [1.807, 2.05) is 30.1 Å². The quantitative estimate of drug-likeness (QED) is 0.815. The van der Waals surface area contributed by atoms with E-state index < -0.39 is 0 Å². The summed E-state index contributed by atoms with van der Waals surface area (Å²) >= 11 is 0. The van der Waals surface area contributed by atoms with Crippen molar-refractivity contribution in [2.24, 2.45) is 5.92 Å². The molecular weight excluding hydrogens is 364 g/mol. The third kappa shape index (κ3) is 4.69. The Hall–Kier alpha value is -2.21. The summed E-state index contributed by atoms with van der Waals surface area (Å²) in [6.07, 6.45) is 8.23. The smallest absolute Gasteiger partial charge is 0.258 e. The molecule has 2 atom stereocenters. The number of nitrogens with zero attached hydrogens (tertiary/aromatic N) is 3. The normalized spacial score (nSPS) is 22.4. The van der Waals surface area contributed by atoms with Gasteiger partial charge in [-0.05, 0) is 63.2 Å². The van der Waals surface area contributed by atoms with Gasteiger partial charge in [0.2, 0.25) is 5.91 Å². The lowest BCUT2D eigenvalue weighted by Gasteiger charge is -2.45. The van der Waals surface area contributed by atoms with Gasteiger partial charge in [0.1, 0.15) is 5.82 Å². The van der Waals surface area contributed by atoms with Crippen LogP contribution in [-0.4, -0.2) is 58.4 Å². The standard InChI is InChI=1S/C23H32N4O2/c1-26(16-17-8-7-15-27-14-5-4-11-20(17)27)22(28)13-6-12-21-24-19-10-3-2-9-18(19)23(29)25-21/h2-3,9-10,17,20H,4-8,11-16H2,1H3,(H,24,25,29)/t17-,20-/m1/s1. The molecule has 2 aromatic rings. The third-order valence-corrected chi connectivity index (χ3v) is 6.63. The first-order valence-corrected chi connectivity index (χ1v) is 11.1. The van der Waals surface area contributed by atoms with E-state index in [9.17, 15) is 9.59 Å². The molecule has 0 aliphatic carbocycles. The Bertz CT molecular complexity index is 907. The molecule has 2 fully saturated rings. The lowest BCUT2D eigenvalue weighted by atomic mass is 9.83. The third-order valence-electron chi connectivity index (χ3n) is 6.63. The number of piperidine rings is 2. The summed E-state index contributed by atoms with van der Waals surface area (Å²) in [5.74, 6) is 1.46. The second-order valence-electron chi connectivity index (χ2n) is 8.66. The molecule has 1 aromatic carbocycles. The molecule has 0 bridgehead atoms. The van der Waals surface area contributed by atoms with E-state index in [2.05, 4.69) is 14.9 Å². The first-order chi connectivity index (χ1) is 14.1. The summed E-state index contributed by atoms with van der Waals surface area (Å²) < 4.78 is 0. The summed E-state index contributed by atoms with van der Waals surface area (Å²) in [5, 5.41) is 0.608. The number of aryl methyl sites for hydroxylation is 1. The van der Waals surface area contributed by atoms with Crippen molar-refractivity contribution in [3.05, 3.63) is 40.4 Å². The predicted molar refractivity (Wildman–Crippen MR) is 115 cm³/mol. The summed E-state index contributed by atoms with van der Waals surface area (Å²) in [7, 11) is 1.94. The van der Waals surface area contributed by atoms with Crippen molar-refractivity contribution in [1.82, 2.24) is 19.8 Å². The van der Waals surface area contributed by atoms with Crippen LogP contribution in [0.1, 0.15) is 50.8 Å². The van der Waals surface area contributed by atoms with Gasteiger partial charge >= 0.3 is 0 Å². The Labute approximate surface area is 172 Å². The van der Waals surface area contributed by atoms with Crippen molar-refractivity contribution in [3.8, 4) is 0 Å². The molecule has 156 valence electrons. The van der Waals surface area contributed by atoms with E-state index in [-0.39, 0.29) is 11.5 Å². The number of amides is 1. The number of nitrogens with one attached hydrogen (secondary N) is 1. The number of carbonyl (C=O) groups is 1. The van der Waals surface area contributed by atoms with Crippen LogP contribution in [0.2, 0.25) is 0 Å². The maximum absolute atomic E-state index is 12.7. The monoisotopic (exact) mass is 396 g/mol. The Morgan fingerprint density at radius 1 is 1.21 bits per heavy atom. The highest BCUT2D eigenvalue weighted by molar-refractivity contribution is 5.77. The van der Waals surface area contributed by atoms with E-state index in [0.29, 0.717) is 47.9 Å². The Morgan fingerprint density at radius 2 is 2.03 bits per heavy atom. The molecule has 6 nitrogen and oxygen atoms in total. The molecule has 0 unspecified atom stereocenters. The van der Waals surface area contributed by atoms with Crippen molar-refractivity contribution in [2.45, 2.75) is 57.4 Å². The lowest BCUT2D eigenvalue weighted by molar-refractivity contribution is -0.131. The second kappa shape index (κ2) is 9.08. The summed E-state index contributed by atoms with van der Waals surface area (Å²) in [5.41, 5.74) is 0.604. The van der Waals surface area contributed by atoms with Crippen LogP contribution in [0.3, 0.4) is 0 Å². The number of hydrogen-bond acceptors (Lipinski definition) is 4. The summed E-state index contributed by atoms with van der Waals surface area (Å²) in [6.45, 7) is 3.33. The molecule has 1 N–H and O–H groups in total. The van der Waals surface area contributed by atoms with Crippen LogP contribution in [0.15, 0.2) is 29.1 Å². The number of benzene rings is 1. The molecule has 6 heteroatoms. The maximum Gasteiger partial charge on any atom is 0.258 e. The van der Waals surface area contributed by atoms with E-state index in [4.69, 9.17) is 0 Å². The fourth-order valence-electron chi connectivity index (χ4n) is 5.09. The maximum atomic E-state index is 12.7. The van der Waals surface area contributed by atoms with Gasteiger partial charge in [0.25, 0.3) is 5.56 Å². The van der Waals surface area contributed by atoms with Gasteiger partial charge in [0.15, 0.2) is 0 Å². The van der Waals surface area contributed by atoms with Crippen LogP contribution < -0.4 is 5.56 Å². The average molecular weight is 397 g/mol. The second-order valence-corrected chi connectivity index (χ2v) is 8.66. The number of carbonyl (C=O) groups excluding carboxylic acids is 1. The zero-order valence-electron chi connectivity index (χ0n) is 17.4. The zero-order valence-corrected chi connectivity index (χ0v) is 17.4. The highest BCUT2D eigenvalue weighted by Gasteiger charge is 2.33. The van der Waals surface area contributed by atoms with Gasteiger partial charge in [-0.2, -0.15) is 0 Å². The van der Waals surface area contributed by atoms with Gasteiger partial charge in [0.05, 0.1) is 10.9 Å². The topological polar surface area (TPSA) is 69.3 Å². The number of rotatable bonds is 6. The predicted octanol–water partition coefficient (Wildman–Crippen LogP) is 2.97. The molecule has 4 rings (SSSR count). The molecule has 29 heavy (non-hydrogen) atoms. The Balaban J connectivity index is 1.29. The van der Waals surface area contributed by atoms with Gasteiger partial charge in [-0.1, -0.05) is 18.6 Å². The minimum Gasteiger partial charge on any atom is -0.345 e. The van der Waals surface area contributed by atoms with Crippen molar-refractivity contribution in [2.75, 3.05) is 26.7 Å². The van der Waals surface area contributed by atoms with Crippen LogP contribution in [-0.2, 0) is 11.2 Å². The van der Waals surface area contributed by atoms with Gasteiger partial charge in [-0.3, -0.25) is 9.59 Å². The van der Waals surface area contributed by atoms with Gasteiger partial charge in [-0.15, -0.1) is 0 Å². The van der Waals surface area contributed by atoms with Crippen LogP contribution in [0.4, 0.5) is 0 Å². The van der Waals surface area contributed by atoms with Crippen molar-refractivity contribution >= 4 is 16.8 Å². The Morgan fingerprint density at radius 3 is 2.93 bits per heavy atom. The molecule has 0 radical (unpaired) electrons. The van der Waals surface area contributed by atoms with Crippen molar-refractivity contribution in [3.63, 3.8) is 0 Å². The van der Waals surface area contributed by atoms with E-state index in [1.165, 1.54) is 45.2 Å². The summed E-state index contributed by atoms with van der Waals surface area (Å²) in [6, 6.07) is 8.02. The molecule has 2 aliphatic rings. The minimum absolute atomic E-state index is 0.108. The number of aromatic amines is 1. The molecule has 3 heterocycles. The van der Waals surface area contributed by atoms with Crippen LogP contribution in [0.5, 0.6) is 0 Å². The fraction of sp³-hybridized carbons (Fsp3) is 0.609. The first-order valence-electron chi connectivity index (χ1n) is 11.1. The van der Waals surface area contributed by atoms with Crippen molar-refractivity contribution < 1.29 is 4.79 Å². The molecule has 0 spiro atoms. The molecule has 2 saturated heterocycles. The lowest BCUT2D eigenvalue weighted by Crippen LogP contribution is -2.51. The highest BCUT2D eigenvalue weighted by atomic mass is 16.2. The van der Waals surface area contributed by atoms with Gasteiger partial charge in [-0.25, -0.2) is 4.98 Å². The molecule has 1 aromatic heterocycles. The number of fused-ring (bicyclic) bond motifs is 2. The average Bonchev–Trinajstić information content (AvgIpc) is 2.74. The molecule has 1 amide bonds. The summed E-state index contributed by atoms with van der Waals surface area (Å²) in [4.78, 5) is 36.8. The number of para-hydroxylation sites is 1. The number of H-pyrrole nitrogens is 1. The van der Waals surface area contributed by atoms with E-state index in [1.54, 1.807) is 6.07 Å². The first kappa shape index (κ1) is 20.1. The van der Waals surface area contributed by atoms with Crippen LogP contribution >= 0.6 is 0 Å². The number of aromatic nitrogens is 2. The highest BCUT2D eigenvalue weighted by Crippen LogP contribution is 2.31. The van der Waals surface area contributed by atoms with Crippen LogP contribution in [0.25, 0.3) is 10.9 Å². The Kier molecular flexibility index (Phi) is 6.28. The van der Waals surface area contributed by atoms with Crippen LogP contribution in [0, 0.1) is 5.92 Å². The molecule has 2 aliphatic heterocycles. The molecule has 0 saturated carbocycles. The largest absolute Gasteiger partial charge is 0.345 e. The van der Waals surface area contributed by atoms with Gasteiger partial charge in [0, 0.05) is 32.5 Å². The fourth-order valence-corrected chi connectivity index (χ4v) is 5.09. The van der Waals surface area contributed by atoms with E-state index in [0.717, 1.165) is 6.54 Å². The van der Waals surface area contributed by atoms with E-state index >= 15 is 0 Å². The molecular formula is C23H32N4O2. The van der Waals surface area contributed by atoms with Crippen molar-refractivity contribution in [1.29, 1.82) is 0 Å².